The molecule has 0 aromatic heterocycles. The van der Waals surface area contributed by atoms with Crippen molar-refractivity contribution in [3.8, 4) is 0 Å². The average molecular weight is 225 g/mol. The Morgan fingerprint density at radius 1 is 1.27 bits per heavy atom. The van der Waals surface area contributed by atoms with Gasteiger partial charge >= 0.3 is 0 Å². The number of aryl methyl sites for hydroxylation is 1. The molecule has 0 saturated heterocycles. The van der Waals surface area contributed by atoms with Gasteiger partial charge in [0.05, 0.1) is 6.10 Å². The molecule has 0 amide bonds. The Bertz CT molecular complexity index is 398. The van der Waals surface area contributed by atoms with Gasteiger partial charge in [0.2, 0.25) is 0 Å². The van der Waals surface area contributed by atoms with E-state index in [2.05, 4.69) is 13.8 Å². The lowest BCUT2D eigenvalue weighted by Crippen LogP contribution is -2.15. The number of hydrogen-bond donors (Lipinski definition) is 1. The molecule has 0 spiro atoms. The molecule has 1 unspecified atom stereocenters. The van der Waals surface area contributed by atoms with E-state index in [1.54, 1.807) is 0 Å². The number of aliphatic hydroxyl groups excluding tert-OH is 1. The molecule has 1 nitrogen and oxygen atoms in total. The van der Waals surface area contributed by atoms with Crippen molar-refractivity contribution in [2.24, 2.45) is 0 Å². The molecule has 82 valence electrons. The molecule has 0 aliphatic heterocycles. The fraction of sp³-hybridized carbons (Fsp3) is 0.538. The van der Waals surface area contributed by atoms with Crippen LogP contribution in [0.3, 0.4) is 0 Å². The highest BCUT2D eigenvalue weighted by molar-refractivity contribution is 6.31. The Balaban J connectivity index is 2.71. The predicted octanol–water partition coefficient (Wildman–Crippen LogP) is 3.89. The zero-order valence-electron chi connectivity index (χ0n) is 9.47. The van der Waals surface area contributed by atoms with Gasteiger partial charge in [0.25, 0.3) is 0 Å². The van der Waals surface area contributed by atoms with Crippen LogP contribution < -0.4 is 0 Å². The third kappa shape index (κ3) is 1.68. The van der Waals surface area contributed by atoms with Crippen molar-refractivity contribution < 1.29 is 5.11 Å². The van der Waals surface area contributed by atoms with Crippen LogP contribution in [0.1, 0.15) is 54.0 Å². The summed E-state index contributed by atoms with van der Waals surface area (Å²) in [7, 11) is 0. The first kappa shape index (κ1) is 11.0. The summed E-state index contributed by atoms with van der Waals surface area (Å²) >= 11 is 6.15. The number of benzene rings is 1. The van der Waals surface area contributed by atoms with Crippen molar-refractivity contribution in [2.75, 3.05) is 0 Å². The lowest BCUT2D eigenvalue weighted by atomic mass is 9.78. The van der Waals surface area contributed by atoms with Crippen molar-refractivity contribution in [1.82, 2.24) is 0 Å². The van der Waals surface area contributed by atoms with Gasteiger partial charge in [0.1, 0.15) is 0 Å². The molecule has 2 heteroatoms. The highest BCUT2D eigenvalue weighted by Gasteiger charge is 2.27. The second-order valence-electron chi connectivity index (χ2n) is 4.62. The summed E-state index contributed by atoms with van der Waals surface area (Å²) in [5.74, 6) is 0.541. The third-order valence-electron chi connectivity index (χ3n) is 3.52. The first-order valence-corrected chi connectivity index (χ1v) is 5.87. The molecule has 1 aliphatic rings. The number of halogens is 1. The molecule has 0 heterocycles. The number of aliphatic hydroxyl groups is 1. The normalized spacial score (nSPS) is 25.1. The molecule has 0 fully saturated rings. The van der Waals surface area contributed by atoms with Gasteiger partial charge in [-0.25, -0.2) is 0 Å². The SMILES string of the molecule is Cc1cc(Cl)c(C)c2c1C(C)CC[C@@H]2O. The van der Waals surface area contributed by atoms with E-state index in [-0.39, 0.29) is 6.10 Å². The van der Waals surface area contributed by atoms with Crippen LogP contribution in [-0.2, 0) is 0 Å². The van der Waals surface area contributed by atoms with Gasteiger partial charge in [-0.05, 0) is 60.9 Å². The van der Waals surface area contributed by atoms with E-state index in [1.807, 2.05) is 13.0 Å². The van der Waals surface area contributed by atoms with Gasteiger partial charge in [-0.3, -0.25) is 0 Å². The Hall–Kier alpha value is -0.530. The average Bonchev–Trinajstić information content (AvgIpc) is 2.18. The monoisotopic (exact) mass is 224 g/mol. The second kappa shape index (κ2) is 3.80. The topological polar surface area (TPSA) is 20.2 Å². The number of rotatable bonds is 0. The summed E-state index contributed by atoms with van der Waals surface area (Å²) in [6, 6.07) is 2.02. The van der Waals surface area contributed by atoms with Gasteiger partial charge in [0, 0.05) is 5.02 Å². The smallest absolute Gasteiger partial charge is 0.0796 e. The standard InChI is InChI=1S/C13H17ClO/c1-7-4-5-11(15)13-9(3)10(14)6-8(2)12(7)13/h6-7,11,15H,4-5H2,1-3H3/t7?,11-/m0/s1. The first-order chi connectivity index (χ1) is 7.02. The molecule has 0 saturated carbocycles. The second-order valence-corrected chi connectivity index (χ2v) is 5.03. The fourth-order valence-electron chi connectivity index (χ4n) is 2.70. The number of hydrogen-bond acceptors (Lipinski definition) is 1. The number of fused-ring (bicyclic) bond motifs is 1. The van der Waals surface area contributed by atoms with Crippen molar-refractivity contribution in [3.63, 3.8) is 0 Å². The molecular weight excluding hydrogens is 208 g/mol. The maximum absolute atomic E-state index is 10.1. The van der Waals surface area contributed by atoms with Crippen molar-refractivity contribution in [3.05, 3.63) is 33.3 Å². The van der Waals surface area contributed by atoms with E-state index in [4.69, 9.17) is 11.6 Å². The maximum atomic E-state index is 10.1. The fourth-order valence-corrected chi connectivity index (χ4v) is 2.96. The highest BCUT2D eigenvalue weighted by Crippen LogP contribution is 2.42. The van der Waals surface area contributed by atoms with E-state index in [0.29, 0.717) is 5.92 Å². The molecule has 1 aromatic carbocycles. The lowest BCUT2D eigenvalue weighted by molar-refractivity contribution is 0.150. The summed E-state index contributed by atoms with van der Waals surface area (Å²) in [6.45, 7) is 6.31. The maximum Gasteiger partial charge on any atom is 0.0796 e. The molecule has 2 rings (SSSR count). The Labute approximate surface area is 96.1 Å². The van der Waals surface area contributed by atoms with Crippen molar-refractivity contribution in [2.45, 2.75) is 45.6 Å². The summed E-state index contributed by atoms with van der Waals surface area (Å²) in [5.41, 5.74) is 4.66. The minimum absolute atomic E-state index is 0.325. The van der Waals surface area contributed by atoms with Crippen molar-refractivity contribution in [1.29, 1.82) is 0 Å². The summed E-state index contributed by atoms with van der Waals surface area (Å²) in [5, 5.41) is 10.8. The molecule has 0 radical (unpaired) electrons. The summed E-state index contributed by atoms with van der Waals surface area (Å²) in [6.07, 6.45) is 1.60. The van der Waals surface area contributed by atoms with Gasteiger partial charge in [-0.1, -0.05) is 18.5 Å². The quantitative estimate of drug-likeness (QED) is 0.709. The molecule has 1 aliphatic carbocycles. The minimum atomic E-state index is -0.325. The van der Waals surface area contributed by atoms with Crippen LogP contribution in [0, 0.1) is 13.8 Å². The molecular formula is C13H17ClO. The highest BCUT2D eigenvalue weighted by atomic mass is 35.5. The third-order valence-corrected chi connectivity index (χ3v) is 3.91. The molecule has 2 atom stereocenters. The van der Waals surface area contributed by atoms with Crippen LogP contribution in [0.4, 0.5) is 0 Å². The summed E-state index contributed by atoms with van der Waals surface area (Å²) in [4.78, 5) is 0. The zero-order valence-corrected chi connectivity index (χ0v) is 10.2. The predicted molar refractivity (Wildman–Crippen MR) is 63.5 cm³/mol. The largest absolute Gasteiger partial charge is 0.388 e. The van der Waals surface area contributed by atoms with E-state index in [1.165, 1.54) is 11.1 Å². The van der Waals surface area contributed by atoms with Crippen LogP contribution in [0.25, 0.3) is 0 Å². The van der Waals surface area contributed by atoms with E-state index in [9.17, 15) is 5.11 Å². The lowest BCUT2D eigenvalue weighted by Gasteiger charge is -2.30. The Kier molecular flexibility index (Phi) is 2.78. The zero-order chi connectivity index (χ0) is 11.2. The van der Waals surface area contributed by atoms with E-state index < -0.39 is 0 Å². The van der Waals surface area contributed by atoms with Crippen LogP contribution >= 0.6 is 11.6 Å². The van der Waals surface area contributed by atoms with E-state index >= 15 is 0 Å². The Morgan fingerprint density at radius 3 is 2.60 bits per heavy atom. The van der Waals surface area contributed by atoms with Crippen LogP contribution in [-0.4, -0.2) is 5.11 Å². The molecule has 0 bridgehead atoms. The van der Waals surface area contributed by atoms with Crippen LogP contribution in [0.15, 0.2) is 6.07 Å². The van der Waals surface area contributed by atoms with E-state index in [0.717, 1.165) is 29.0 Å². The minimum Gasteiger partial charge on any atom is -0.388 e. The van der Waals surface area contributed by atoms with Crippen LogP contribution in [0.5, 0.6) is 0 Å². The van der Waals surface area contributed by atoms with Crippen LogP contribution in [0.2, 0.25) is 5.02 Å². The first-order valence-electron chi connectivity index (χ1n) is 5.50. The summed E-state index contributed by atoms with van der Waals surface area (Å²) < 4.78 is 0. The van der Waals surface area contributed by atoms with Gasteiger partial charge < -0.3 is 5.11 Å². The molecule has 15 heavy (non-hydrogen) atoms. The van der Waals surface area contributed by atoms with Gasteiger partial charge in [0.15, 0.2) is 0 Å². The van der Waals surface area contributed by atoms with Gasteiger partial charge in [-0.15, -0.1) is 0 Å². The molecule has 1 N–H and O–H groups in total. The Morgan fingerprint density at radius 2 is 1.93 bits per heavy atom. The molecule has 1 aromatic rings. The van der Waals surface area contributed by atoms with Gasteiger partial charge in [-0.2, -0.15) is 0 Å². The van der Waals surface area contributed by atoms with Crippen molar-refractivity contribution >= 4 is 11.6 Å².